The Bertz CT molecular complexity index is 1350. The molecule has 2 heterocycles. The number of aryl methyl sites for hydroxylation is 1. The van der Waals surface area contributed by atoms with Crippen molar-refractivity contribution >= 4 is 11.8 Å². The minimum Gasteiger partial charge on any atom is -0.351 e. The zero-order chi connectivity index (χ0) is 26.3. The Morgan fingerprint density at radius 2 is 1.71 bits per heavy atom. The number of rotatable bonds is 9. The molecule has 9 nitrogen and oxygen atoms in total. The van der Waals surface area contributed by atoms with E-state index in [4.69, 9.17) is 0 Å². The van der Waals surface area contributed by atoms with Crippen molar-refractivity contribution in [2.24, 2.45) is 0 Å². The van der Waals surface area contributed by atoms with Gasteiger partial charge in [0.05, 0.1) is 0 Å². The van der Waals surface area contributed by atoms with Crippen LogP contribution in [-0.2, 0) is 22.7 Å². The van der Waals surface area contributed by atoms with Gasteiger partial charge in [-0.05, 0) is 48.2 Å². The number of aromatic nitrogens is 5. The Balaban J connectivity index is 1.44. The van der Waals surface area contributed by atoms with Crippen LogP contribution in [0.2, 0.25) is 0 Å². The standard InChI is InChI=1S/C29H31N7O2/c1-21-11-13-24(14-12-21)28-32-34-36(33-28)20-26(37)35(19-22-7-3-2-4-8-22)27(23-15-17-30-18-16-23)29(38)31-25-9-5-6-10-25/h2-4,7-8,11-18,25,27H,5-6,9-10,19-20H2,1H3,(H,31,38)/t27-/m0/s1. The summed E-state index contributed by atoms with van der Waals surface area (Å²) in [6, 6.07) is 20.3. The van der Waals surface area contributed by atoms with Crippen molar-refractivity contribution in [1.82, 2.24) is 35.4 Å². The Kier molecular flexibility index (Phi) is 7.82. The fraction of sp³-hybridized carbons (Fsp3) is 0.310. The third-order valence-corrected chi connectivity index (χ3v) is 6.84. The highest BCUT2D eigenvalue weighted by atomic mass is 16.2. The zero-order valence-electron chi connectivity index (χ0n) is 21.4. The van der Waals surface area contributed by atoms with E-state index in [2.05, 4.69) is 25.7 Å². The second-order valence-electron chi connectivity index (χ2n) is 9.69. The van der Waals surface area contributed by atoms with E-state index in [1.165, 1.54) is 4.80 Å². The van der Waals surface area contributed by atoms with Crippen molar-refractivity contribution in [3.63, 3.8) is 0 Å². The van der Waals surface area contributed by atoms with Gasteiger partial charge in [-0.3, -0.25) is 14.6 Å². The van der Waals surface area contributed by atoms with Gasteiger partial charge in [-0.15, -0.1) is 10.2 Å². The smallest absolute Gasteiger partial charge is 0.247 e. The first-order valence-electron chi connectivity index (χ1n) is 13.0. The molecule has 38 heavy (non-hydrogen) atoms. The molecule has 0 aliphatic heterocycles. The molecule has 0 radical (unpaired) electrons. The number of carbonyl (C=O) groups excluding carboxylic acids is 2. The van der Waals surface area contributed by atoms with Gasteiger partial charge in [-0.2, -0.15) is 4.80 Å². The van der Waals surface area contributed by atoms with E-state index in [9.17, 15) is 9.59 Å². The summed E-state index contributed by atoms with van der Waals surface area (Å²) in [7, 11) is 0. The van der Waals surface area contributed by atoms with Crippen LogP contribution in [-0.4, -0.2) is 47.9 Å². The average Bonchev–Trinajstić information content (AvgIpc) is 3.62. The van der Waals surface area contributed by atoms with Gasteiger partial charge < -0.3 is 10.2 Å². The summed E-state index contributed by atoms with van der Waals surface area (Å²) in [5.74, 6) is -0.0403. The minimum absolute atomic E-state index is 0.120. The highest BCUT2D eigenvalue weighted by Crippen LogP contribution is 2.26. The zero-order valence-corrected chi connectivity index (χ0v) is 21.4. The van der Waals surface area contributed by atoms with E-state index in [1.807, 2.05) is 61.5 Å². The molecule has 1 atom stereocenters. The molecular weight excluding hydrogens is 478 g/mol. The second kappa shape index (κ2) is 11.8. The molecule has 0 bridgehead atoms. The van der Waals surface area contributed by atoms with Gasteiger partial charge in [0.2, 0.25) is 17.6 Å². The molecule has 2 amide bonds. The molecule has 5 rings (SSSR count). The molecule has 1 aliphatic rings. The molecule has 0 unspecified atom stereocenters. The maximum Gasteiger partial charge on any atom is 0.247 e. The molecule has 9 heteroatoms. The normalized spacial score (nSPS) is 14.2. The molecule has 1 aliphatic carbocycles. The molecular formula is C29H31N7O2. The summed E-state index contributed by atoms with van der Waals surface area (Å²) < 4.78 is 0. The molecule has 0 spiro atoms. The lowest BCUT2D eigenvalue weighted by atomic mass is 10.0. The van der Waals surface area contributed by atoms with Gasteiger partial charge in [-0.25, -0.2) is 0 Å². The van der Waals surface area contributed by atoms with Gasteiger partial charge in [-0.1, -0.05) is 73.0 Å². The third kappa shape index (κ3) is 6.11. The number of amides is 2. The number of carbonyl (C=O) groups is 2. The minimum atomic E-state index is -0.827. The highest BCUT2D eigenvalue weighted by molar-refractivity contribution is 5.88. The van der Waals surface area contributed by atoms with E-state index < -0.39 is 6.04 Å². The summed E-state index contributed by atoms with van der Waals surface area (Å²) in [6.45, 7) is 2.12. The van der Waals surface area contributed by atoms with Gasteiger partial charge in [0, 0.05) is 30.5 Å². The van der Waals surface area contributed by atoms with Crippen molar-refractivity contribution in [2.75, 3.05) is 0 Å². The maximum atomic E-state index is 13.9. The van der Waals surface area contributed by atoms with Crippen molar-refractivity contribution in [2.45, 2.75) is 57.8 Å². The molecule has 1 saturated carbocycles. The first-order chi connectivity index (χ1) is 18.6. The number of pyridine rings is 1. The first-order valence-corrected chi connectivity index (χ1v) is 13.0. The van der Waals surface area contributed by atoms with Crippen molar-refractivity contribution in [3.05, 3.63) is 95.8 Å². The number of tetrazole rings is 1. The monoisotopic (exact) mass is 509 g/mol. The Labute approximate surface area is 221 Å². The Hall–Kier alpha value is -4.40. The summed E-state index contributed by atoms with van der Waals surface area (Å²) in [5, 5.41) is 15.9. The predicted octanol–water partition coefficient (Wildman–Crippen LogP) is 3.87. The van der Waals surface area contributed by atoms with Crippen LogP contribution in [0, 0.1) is 6.92 Å². The van der Waals surface area contributed by atoms with E-state index >= 15 is 0 Å². The average molecular weight is 510 g/mol. The summed E-state index contributed by atoms with van der Waals surface area (Å²) in [6.07, 6.45) is 7.38. The Morgan fingerprint density at radius 3 is 2.42 bits per heavy atom. The van der Waals surface area contributed by atoms with Gasteiger partial charge >= 0.3 is 0 Å². The second-order valence-corrected chi connectivity index (χ2v) is 9.69. The van der Waals surface area contributed by atoms with Crippen LogP contribution in [0.5, 0.6) is 0 Å². The summed E-state index contributed by atoms with van der Waals surface area (Å²) >= 11 is 0. The number of hydrogen-bond donors (Lipinski definition) is 1. The molecule has 2 aromatic carbocycles. The number of nitrogens with zero attached hydrogens (tertiary/aromatic N) is 6. The van der Waals surface area contributed by atoms with Crippen LogP contribution in [0.4, 0.5) is 0 Å². The lowest BCUT2D eigenvalue weighted by Gasteiger charge is -2.32. The summed E-state index contributed by atoms with van der Waals surface area (Å²) in [5.41, 5.74) is 3.57. The molecule has 1 N–H and O–H groups in total. The fourth-order valence-corrected chi connectivity index (χ4v) is 4.81. The van der Waals surface area contributed by atoms with Gasteiger partial charge in [0.1, 0.15) is 12.6 Å². The van der Waals surface area contributed by atoms with Gasteiger partial charge in [0.25, 0.3) is 0 Å². The number of benzene rings is 2. The molecule has 1 fully saturated rings. The quantitative estimate of drug-likeness (QED) is 0.367. The topological polar surface area (TPSA) is 106 Å². The first kappa shape index (κ1) is 25.3. The van der Waals surface area contributed by atoms with Crippen LogP contribution in [0.15, 0.2) is 79.1 Å². The summed E-state index contributed by atoms with van der Waals surface area (Å²) in [4.78, 5) is 34.6. The number of hydrogen-bond acceptors (Lipinski definition) is 6. The lowest BCUT2D eigenvalue weighted by Crippen LogP contribution is -2.46. The molecule has 4 aromatic rings. The van der Waals surface area contributed by atoms with Gasteiger partial charge in [0.15, 0.2) is 0 Å². The van der Waals surface area contributed by atoms with Crippen molar-refractivity contribution < 1.29 is 9.59 Å². The Morgan fingerprint density at radius 1 is 1.00 bits per heavy atom. The highest BCUT2D eigenvalue weighted by Gasteiger charge is 2.33. The third-order valence-electron chi connectivity index (χ3n) is 6.84. The van der Waals surface area contributed by atoms with E-state index in [0.29, 0.717) is 11.4 Å². The predicted molar refractivity (Wildman–Crippen MR) is 142 cm³/mol. The van der Waals surface area contributed by atoms with Crippen LogP contribution in [0.1, 0.15) is 48.4 Å². The van der Waals surface area contributed by atoms with Crippen LogP contribution < -0.4 is 5.32 Å². The number of nitrogens with one attached hydrogen (secondary N) is 1. The van der Waals surface area contributed by atoms with E-state index in [1.54, 1.807) is 29.4 Å². The largest absolute Gasteiger partial charge is 0.351 e. The van der Waals surface area contributed by atoms with E-state index in [0.717, 1.165) is 42.4 Å². The van der Waals surface area contributed by atoms with Crippen LogP contribution >= 0.6 is 0 Å². The molecule has 194 valence electrons. The maximum absolute atomic E-state index is 13.9. The van der Waals surface area contributed by atoms with E-state index in [-0.39, 0.29) is 30.9 Å². The van der Waals surface area contributed by atoms with Crippen LogP contribution in [0.3, 0.4) is 0 Å². The van der Waals surface area contributed by atoms with Crippen molar-refractivity contribution in [1.29, 1.82) is 0 Å². The fourth-order valence-electron chi connectivity index (χ4n) is 4.81. The molecule has 0 saturated heterocycles. The van der Waals surface area contributed by atoms with Crippen LogP contribution in [0.25, 0.3) is 11.4 Å². The molecule has 2 aromatic heterocycles. The SMILES string of the molecule is Cc1ccc(-c2nnn(CC(=O)N(Cc3ccccc3)[C@H](C(=O)NC3CCCC3)c3ccncc3)n2)cc1. The van der Waals surface area contributed by atoms with Crippen molar-refractivity contribution in [3.8, 4) is 11.4 Å². The lowest BCUT2D eigenvalue weighted by molar-refractivity contribution is -0.142.